The van der Waals surface area contributed by atoms with Crippen molar-refractivity contribution in [1.82, 2.24) is 19.7 Å². The van der Waals surface area contributed by atoms with Crippen molar-refractivity contribution in [2.45, 2.75) is 77.3 Å². The number of piperidine rings is 1. The molecule has 3 aromatic rings. The number of aliphatic imine (C=N–C) groups is 1. The highest BCUT2D eigenvalue weighted by Gasteiger charge is 2.60. The van der Waals surface area contributed by atoms with E-state index in [-0.39, 0.29) is 23.3 Å². The Morgan fingerprint density at radius 3 is 1.98 bits per heavy atom. The maximum absolute atomic E-state index is 15.3. The average molecular weight is 781 g/mol. The first-order valence-corrected chi connectivity index (χ1v) is 19.5. The predicted molar refractivity (Wildman–Crippen MR) is 215 cm³/mol. The van der Waals surface area contributed by atoms with Gasteiger partial charge in [-0.3, -0.25) is 19.7 Å². The van der Waals surface area contributed by atoms with Gasteiger partial charge in [0, 0.05) is 80.2 Å². The zero-order chi connectivity index (χ0) is 39.3. The van der Waals surface area contributed by atoms with Crippen molar-refractivity contribution < 1.29 is 23.8 Å². The first-order valence-electron chi connectivity index (χ1n) is 18.8. The molecule has 2 atom stereocenters. The lowest BCUT2D eigenvalue weighted by Gasteiger charge is -2.47. The maximum Gasteiger partial charge on any atom is 0.326 e. The lowest BCUT2D eigenvalue weighted by atomic mass is 9.71. The number of benzene rings is 2. The van der Waals surface area contributed by atoms with Gasteiger partial charge in [-0.05, 0) is 74.9 Å². The fraction of sp³-hybridized carbons (Fsp3) is 0.524. The molecule has 0 unspecified atom stereocenters. The van der Waals surface area contributed by atoms with E-state index in [1.54, 1.807) is 20.4 Å². The van der Waals surface area contributed by atoms with Crippen LogP contribution in [0, 0.1) is 5.92 Å². The van der Waals surface area contributed by atoms with Gasteiger partial charge in [0.25, 0.3) is 0 Å². The second kappa shape index (κ2) is 17.4. The Hall–Kier alpha value is -3.70. The van der Waals surface area contributed by atoms with Crippen LogP contribution in [-0.2, 0) is 30.8 Å². The number of ether oxygens (including phenoxy) is 3. The minimum atomic E-state index is -1.04. The van der Waals surface area contributed by atoms with Gasteiger partial charge in [0.1, 0.15) is 22.7 Å². The summed E-state index contributed by atoms with van der Waals surface area (Å²) in [6, 6.07) is 17.1. The lowest BCUT2D eigenvalue weighted by Crippen LogP contribution is -2.59. The summed E-state index contributed by atoms with van der Waals surface area (Å²) in [5.74, 6) is 1.29. The van der Waals surface area contributed by atoms with Crippen LogP contribution in [0.5, 0.6) is 5.75 Å². The average Bonchev–Trinajstić information content (AvgIpc) is 3.39. The van der Waals surface area contributed by atoms with Crippen LogP contribution in [0.4, 0.5) is 4.79 Å². The number of carbonyl (C=O) groups is 2. The summed E-state index contributed by atoms with van der Waals surface area (Å²) in [6.45, 7) is 15.7. The van der Waals surface area contributed by atoms with E-state index in [9.17, 15) is 4.79 Å². The van der Waals surface area contributed by atoms with Crippen molar-refractivity contribution in [2.75, 3.05) is 60.2 Å². The number of likely N-dealkylation sites (tertiary alicyclic amines) is 1. The molecular formula is C42H55Cl2N5O5. The van der Waals surface area contributed by atoms with Gasteiger partial charge in [-0.1, -0.05) is 68.2 Å². The molecule has 0 spiro atoms. The van der Waals surface area contributed by atoms with Crippen molar-refractivity contribution in [3.63, 3.8) is 0 Å². The zero-order valence-electron chi connectivity index (χ0n) is 33.0. The molecule has 292 valence electrons. The Bertz CT molecular complexity index is 1780. The molecular weight excluding hydrogens is 725 g/mol. The number of urea groups is 1. The minimum Gasteiger partial charge on any atom is -0.493 e. The molecule has 3 amide bonds. The molecule has 0 saturated carbocycles. The van der Waals surface area contributed by atoms with Crippen LogP contribution in [0.15, 0.2) is 65.8 Å². The molecule has 0 bridgehead atoms. The first-order chi connectivity index (χ1) is 25.7. The molecule has 1 fully saturated rings. The normalized spacial score (nSPS) is 20.6. The second-order valence-electron chi connectivity index (χ2n) is 15.5. The van der Waals surface area contributed by atoms with Crippen LogP contribution < -0.4 is 4.74 Å². The number of methoxy groups -OCH3 is 2. The summed E-state index contributed by atoms with van der Waals surface area (Å²) in [7, 11) is 3.26. The van der Waals surface area contributed by atoms with Crippen LogP contribution in [0.2, 0.25) is 10.0 Å². The van der Waals surface area contributed by atoms with Gasteiger partial charge in [0.05, 0.1) is 25.4 Å². The quantitative estimate of drug-likeness (QED) is 0.173. The number of amidine groups is 1. The number of hydrogen-bond donors (Lipinski definition) is 0. The molecule has 54 heavy (non-hydrogen) atoms. The number of rotatable bonds is 13. The minimum absolute atomic E-state index is 0.0755. The molecule has 0 aliphatic carbocycles. The Morgan fingerprint density at radius 2 is 1.46 bits per heavy atom. The largest absolute Gasteiger partial charge is 0.493 e. The van der Waals surface area contributed by atoms with Crippen molar-refractivity contribution in [2.24, 2.45) is 10.9 Å². The van der Waals surface area contributed by atoms with E-state index < -0.39 is 11.1 Å². The van der Waals surface area contributed by atoms with Gasteiger partial charge in [0.15, 0.2) is 0 Å². The van der Waals surface area contributed by atoms with Gasteiger partial charge < -0.3 is 24.0 Å². The van der Waals surface area contributed by atoms with Crippen LogP contribution in [0.3, 0.4) is 0 Å². The monoisotopic (exact) mass is 779 g/mol. The summed E-state index contributed by atoms with van der Waals surface area (Å²) in [6.07, 6.45) is 3.58. The highest BCUT2D eigenvalue weighted by molar-refractivity contribution is 6.30. The summed E-state index contributed by atoms with van der Waals surface area (Å²) in [5.41, 5.74) is 0.986. The third-order valence-corrected chi connectivity index (χ3v) is 11.5. The van der Waals surface area contributed by atoms with E-state index in [0.29, 0.717) is 92.5 Å². The number of amides is 3. The Labute approximate surface area is 330 Å². The van der Waals surface area contributed by atoms with Crippen molar-refractivity contribution in [3.05, 3.63) is 93.2 Å². The molecule has 2 aromatic carbocycles. The topological polar surface area (TPSA) is 96.8 Å². The number of hydrogen-bond acceptors (Lipinski definition) is 7. The molecule has 2 aliphatic rings. The van der Waals surface area contributed by atoms with Gasteiger partial charge >= 0.3 is 6.03 Å². The first kappa shape index (κ1) is 41.5. The number of halogens is 2. The molecule has 10 nitrogen and oxygen atoms in total. The van der Waals surface area contributed by atoms with Gasteiger partial charge in [-0.15, -0.1) is 0 Å². The van der Waals surface area contributed by atoms with E-state index in [4.69, 9.17) is 47.4 Å². The summed E-state index contributed by atoms with van der Waals surface area (Å²) in [4.78, 5) is 44.7. The molecule has 3 heterocycles. The number of aromatic nitrogens is 1. The smallest absolute Gasteiger partial charge is 0.326 e. The van der Waals surface area contributed by atoms with Crippen molar-refractivity contribution in [3.8, 4) is 5.75 Å². The van der Waals surface area contributed by atoms with Crippen molar-refractivity contribution in [1.29, 1.82) is 0 Å². The third-order valence-electron chi connectivity index (χ3n) is 10.9. The molecule has 1 saturated heterocycles. The highest BCUT2D eigenvalue weighted by Crippen LogP contribution is 2.54. The van der Waals surface area contributed by atoms with E-state index in [2.05, 4.69) is 34.6 Å². The standard InChI is InChI=1S/C42H55Cl2N5O5/c1-9-54-35-27-36(40(2,3)4)45-28-34(35)38-46-41(5,30-10-14-32(43)15-11-30)42(6,31-12-16-33(44)17-13-31)49(38)39(51)48-20-18-29(19-21-48)26-37(50)47(22-24-52-7)23-25-53-8/h10-17,27-29H,9,18-26H2,1-8H3/t41-,42+/m0/s1. The summed E-state index contributed by atoms with van der Waals surface area (Å²) in [5, 5.41) is 1.20. The summed E-state index contributed by atoms with van der Waals surface area (Å²) >= 11 is 12.8. The fourth-order valence-corrected chi connectivity index (χ4v) is 7.72. The van der Waals surface area contributed by atoms with Crippen LogP contribution in [0.25, 0.3) is 0 Å². The van der Waals surface area contributed by atoms with Crippen LogP contribution in [0.1, 0.15) is 83.2 Å². The Morgan fingerprint density at radius 1 is 0.907 bits per heavy atom. The SMILES string of the molecule is CCOc1cc(C(C)(C)C)ncc1C1=N[C@@](C)(c2ccc(Cl)cc2)[C@@](C)(c2ccc(Cl)cc2)N1C(=O)N1CCC(CC(=O)N(CCOC)CCOC)CC1. The number of pyridine rings is 1. The Kier molecular flexibility index (Phi) is 13.4. The number of carbonyl (C=O) groups excluding carboxylic acids is 2. The second-order valence-corrected chi connectivity index (χ2v) is 16.3. The zero-order valence-corrected chi connectivity index (χ0v) is 34.5. The van der Waals surface area contributed by atoms with Gasteiger partial charge in [-0.2, -0.15) is 0 Å². The van der Waals surface area contributed by atoms with E-state index >= 15 is 4.79 Å². The maximum atomic E-state index is 15.3. The van der Waals surface area contributed by atoms with Crippen LogP contribution in [-0.4, -0.2) is 97.7 Å². The van der Waals surface area contributed by atoms with E-state index in [1.165, 1.54) is 0 Å². The van der Waals surface area contributed by atoms with Gasteiger partial charge in [0.2, 0.25) is 5.91 Å². The molecule has 0 radical (unpaired) electrons. The number of nitrogens with zero attached hydrogens (tertiary/aromatic N) is 5. The highest BCUT2D eigenvalue weighted by atomic mass is 35.5. The van der Waals surface area contributed by atoms with Crippen molar-refractivity contribution >= 4 is 41.0 Å². The third kappa shape index (κ3) is 8.57. The molecule has 5 rings (SSSR count). The summed E-state index contributed by atoms with van der Waals surface area (Å²) < 4.78 is 16.8. The van der Waals surface area contributed by atoms with Crippen LogP contribution >= 0.6 is 23.2 Å². The molecule has 1 aromatic heterocycles. The van der Waals surface area contributed by atoms with E-state index in [1.807, 2.05) is 76.2 Å². The Balaban J connectivity index is 1.57. The molecule has 2 aliphatic heterocycles. The van der Waals surface area contributed by atoms with E-state index in [0.717, 1.165) is 16.8 Å². The fourth-order valence-electron chi connectivity index (χ4n) is 7.47. The van der Waals surface area contributed by atoms with Gasteiger partial charge in [-0.25, -0.2) is 4.79 Å². The molecule has 0 N–H and O–H groups in total. The molecule has 12 heteroatoms. The lowest BCUT2D eigenvalue weighted by molar-refractivity contribution is -0.133. The predicted octanol–water partition coefficient (Wildman–Crippen LogP) is 8.32.